The van der Waals surface area contributed by atoms with Gasteiger partial charge in [-0.1, -0.05) is 25.4 Å². The van der Waals surface area contributed by atoms with E-state index in [-0.39, 0.29) is 12.0 Å². The predicted octanol–water partition coefficient (Wildman–Crippen LogP) is 2.45. The van der Waals surface area contributed by atoms with E-state index in [0.29, 0.717) is 22.6 Å². The zero-order valence-electron chi connectivity index (χ0n) is 11.0. The van der Waals surface area contributed by atoms with E-state index in [4.69, 9.17) is 16.7 Å². The minimum absolute atomic E-state index is 0.133. The van der Waals surface area contributed by atoms with Gasteiger partial charge in [-0.15, -0.1) is 0 Å². The van der Waals surface area contributed by atoms with Crippen molar-refractivity contribution in [3.05, 3.63) is 17.8 Å². The van der Waals surface area contributed by atoms with Crippen LogP contribution >= 0.6 is 11.6 Å². The molecule has 3 rings (SSSR count). The number of hydrogen-bond acceptors (Lipinski definition) is 4. The number of fused-ring (bicyclic) bond motifs is 1. The molecule has 0 bridgehead atoms. The van der Waals surface area contributed by atoms with Crippen LogP contribution in [0.4, 0.5) is 0 Å². The van der Waals surface area contributed by atoms with Crippen LogP contribution in [0.1, 0.15) is 32.7 Å². The predicted molar refractivity (Wildman–Crippen MR) is 73.0 cm³/mol. The van der Waals surface area contributed by atoms with Gasteiger partial charge >= 0.3 is 0 Å². The summed E-state index contributed by atoms with van der Waals surface area (Å²) in [7, 11) is 0. The van der Waals surface area contributed by atoms with E-state index in [0.717, 1.165) is 18.5 Å². The van der Waals surface area contributed by atoms with Gasteiger partial charge in [0.1, 0.15) is 11.8 Å². The van der Waals surface area contributed by atoms with Crippen LogP contribution in [0, 0.1) is 11.3 Å². The Morgan fingerprint density at radius 2 is 2.21 bits per heavy atom. The van der Waals surface area contributed by atoms with Gasteiger partial charge in [-0.05, 0) is 24.2 Å². The smallest absolute Gasteiger partial charge is 0.165 e. The lowest BCUT2D eigenvalue weighted by atomic mass is 9.57. The topological polar surface area (TPSA) is 63.8 Å². The molecule has 0 radical (unpaired) electrons. The standard InChI is InChI=1S/C13H17ClN4O/c1-13(2)8(3-4-19)5-9(13)18-7-17-10-11(14)15-6-16-12(10)18/h6-9,19H,3-5H2,1-2H3/t8-,9+/m1/s1. The summed E-state index contributed by atoms with van der Waals surface area (Å²) in [5.74, 6) is 0.539. The monoisotopic (exact) mass is 280 g/mol. The molecule has 0 amide bonds. The summed E-state index contributed by atoms with van der Waals surface area (Å²) in [6.07, 6.45) is 5.17. The highest BCUT2D eigenvalue weighted by Crippen LogP contribution is 2.56. The summed E-state index contributed by atoms with van der Waals surface area (Å²) < 4.78 is 2.09. The molecule has 0 spiro atoms. The maximum atomic E-state index is 9.10. The fourth-order valence-electron chi connectivity index (χ4n) is 3.16. The summed E-state index contributed by atoms with van der Waals surface area (Å²) in [5.41, 5.74) is 1.58. The summed E-state index contributed by atoms with van der Waals surface area (Å²) >= 11 is 6.03. The van der Waals surface area contributed by atoms with E-state index in [9.17, 15) is 0 Å². The summed E-state index contributed by atoms with van der Waals surface area (Å²) in [5, 5.41) is 9.50. The van der Waals surface area contributed by atoms with Gasteiger partial charge in [0.05, 0.1) is 6.33 Å². The molecular weight excluding hydrogens is 264 g/mol. The van der Waals surface area contributed by atoms with E-state index in [1.165, 1.54) is 6.33 Å². The van der Waals surface area contributed by atoms with E-state index < -0.39 is 0 Å². The minimum Gasteiger partial charge on any atom is -0.396 e. The molecule has 0 unspecified atom stereocenters. The maximum Gasteiger partial charge on any atom is 0.165 e. The fraction of sp³-hybridized carbons (Fsp3) is 0.615. The van der Waals surface area contributed by atoms with Gasteiger partial charge in [-0.2, -0.15) is 0 Å². The third-order valence-electron chi connectivity index (χ3n) is 4.55. The lowest BCUT2D eigenvalue weighted by Gasteiger charge is -2.52. The molecule has 1 saturated carbocycles. The van der Waals surface area contributed by atoms with Crippen LogP contribution in [0.5, 0.6) is 0 Å². The van der Waals surface area contributed by atoms with Crippen LogP contribution in [0.2, 0.25) is 5.15 Å². The maximum absolute atomic E-state index is 9.10. The first-order valence-corrected chi connectivity index (χ1v) is 6.87. The van der Waals surface area contributed by atoms with Crippen LogP contribution in [0.25, 0.3) is 11.2 Å². The lowest BCUT2D eigenvalue weighted by Crippen LogP contribution is -2.46. The number of aliphatic hydroxyl groups excluding tert-OH is 1. The van der Waals surface area contributed by atoms with E-state index in [1.807, 2.05) is 0 Å². The summed E-state index contributed by atoms with van der Waals surface area (Å²) in [4.78, 5) is 12.6. The first kappa shape index (κ1) is 12.8. The molecule has 2 heterocycles. The molecule has 1 fully saturated rings. The zero-order valence-corrected chi connectivity index (χ0v) is 11.8. The van der Waals surface area contributed by atoms with Crippen molar-refractivity contribution in [1.29, 1.82) is 0 Å². The molecule has 102 valence electrons. The van der Waals surface area contributed by atoms with Crippen LogP contribution in [0.15, 0.2) is 12.7 Å². The first-order valence-electron chi connectivity index (χ1n) is 6.49. The fourth-order valence-corrected chi connectivity index (χ4v) is 3.33. The molecule has 1 N–H and O–H groups in total. The van der Waals surface area contributed by atoms with Crippen molar-refractivity contribution in [2.24, 2.45) is 11.3 Å². The molecule has 19 heavy (non-hydrogen) atoms. The third-order valence-corrected chi connectivity index (χ3v) is 4.82. The first-order chi connectivity index (χ1) is 9.05. The molecule has 0 saturated heterocycles. The molecule has 6 heteroatoms. The Morgan fingerprint density at radius 3 is 2.89 bits per heavy atom. The van der Waals surface area contributed by atoms with Crippen LogP contribution in [0.3, 0.4) is 0 Å². The number of aliphatic hydroxyl groups is 1. The number of nitrogens with zero attached hydrogens (tertiary/aromatic N) is 4. The molecule has 1 aliphatic carbocycles. The third kappa shape index (κ3) is 1.83. The molecule has 5 nitrogen and oxygen atoms in total. The highest BCUT2D eigenvalue weighted by molar-refractivity contribution is 6.33. The Bertz CT molecular complexity index is 610. The Balaban J connectivity index is 1.97. The normalized spacial score (nSPS) is 25.5. The van der Waals surface area contributed by atoms with Crippen molar-refractivity contribution in [3.8, 4) is 0 Å². The second kappa shape index (κ2) is 4.42. The molecule has 2 aromatic rings. The Hall–Kier alpha value is -1.20. The number of halogens is 1. The largest absolute Gasteiger partial charge is 0.396 e. The number of imidazole rings is 1. The molecule has 2 atom stereocenters. The van der Waals surface area contributed by atoms with Crippen molar-refractivity contribution < 1.29 is 5.11 Å². The van der Waals surface area contributed by atoms with Crippen molar-refractivity contribution in [2.45, 2.75) is 32.7 Å². The molecule has 0 aromatic carbocycles. The van der Waals surface area contributed by atoms with Gasteiger partial charge in [0.25, 0.3) is 0 Å². The van der Waals surface area contributed by atoms with Crippen LogP contribution in [-0.4, -0.2) is 31.2 Å². The van der Waals surface area contributed by atoms with Gasteiger partial charge in [-0.3, -0.25) is 0 Å². The molecular formula is C13H17ClN4O. The lowest BCUT2D eigenvalue weighted by molar-refractivity contribution is -0.0216. The average Bonchev–Trinajstić information content (AvgIpc) is 2.79. The number of rotatable bonds is 3. The molecule has 0 aliphatic heterocycles. The average molecular weight is 281 g/mol. The summed E-state index contributed by atoms with van der Waals surface area (Å²) in [6.45, 7) is 4.71. The van der Waals surface area contributed by atoms with E-state index >= 15 is 0 Å². The highest BCUT2D eigenvalue weighted by atomic mass is 35.5. The Kier molecular flexibility index (Phi) is 2.98. The molecule has 1 aliphatic rings. The van der Waals surface area contributed by atoms with Gasteiger partial charge in [0.2, 0.25) is 0 Å². The van der Waals surface area contributed by atoms with Crippen molar-refractivity contribution in [3.63, 3.8) is 0 Å². The second-order valence-corrected chi connectivity index (χ2v) is 6.13. The van der Waals surface area contributed by atoms with Gasteiger partial charge < -0.3 is 9.67 Å². The van der Waals surface area contributed by atoms with Crippen LogP contribution in [-0.2, 0) is 0 Å². The second-order valence-electron chi connectivity index (χ2n) is 5.77. The van der Waals surface area contributed by atoms with Crippen molar-refractivity contribution >= 4 is 22.8 Å². The van der Waals surface area contributed by atoms with Gasteiger partial charge in [-0.25, -0.2) is 15.0 Å². The molecule has 2 aromatic heterocycles. The van der Waals surface area contributed by atoms with E-state index in [1.54, 1.807) is 6.33 Å². The van der Waals surface area contributed by atoms with Gasteiger partial charge in [0, 0.05) is 12.6 Å². The van der Waals surface area contributed by atoms with E-state index in [2.05, 4.69) is 33.4 Å². The zero-order chi connectivity index (χ0) is 13.6. The Labute approximate surface area is 116 Å². The van der Waals surface area contributed by atoms with Crippen molar-refractivity contribution in [2.75, 3.05) is 6.61 Å². The SMILES string of the molecule is CC1(C)[C@H](CCO)C[C@@H]1n1cnc2c(Cl)ncnc21. The van der Waals surface area contributed by atoms with Gasteiger partial charge in [0.15, 0.2) is 10.8 Å². The van der Waals surface area contributed by atoms with Crippen molar-refractivity contribution in [1.82, 2.24) is 19.5 Å². The number of aromatic nitrogens is 4. The Morgan fingerprint density at radius 1 is 1.42 bits per heavy atom. The highest BCUT2D eigenvalue weighted by Gasteiger charge is 2.48. The minimum atomic E-state index is 0.133. The quantitative estimate of drug-likeness (QED) is 0.877. The summed E-state index contributed by atoms with van der Waals surface area (Å²) in [6, 6.07) is 0.347. The van der Waals surface area contributed by atoms with Crippen LogP contribution < -0.4 is 0 Å². The number of hydrogen-bond donors (Lipinski definition) is 1.